The zero-order valence-corrected chi connectivity index (χ0v) is 16.8. The number of para-hydroxylation sites is 1. The summed E-state index contributed by atoms with van der Waals surface area (Å²) in [6, 6.07) is 8.37. The van der Waals surface area contributed by atoms with Crippen LogP contribution in [0.1, 0.15) is 48.7 Å². The maximum absolute atomic E-state index is 13.7. The first-order valence-corrected chi connectivity index (χ1v) is 10.4. The molecule has 0 N–H and O–H groups in total. The molecule has 0 radical (unpaired) electrons. The van der Waals surface area contributed by atoms with Gasteiger partial charge in [0.1, 0.15) is 5.76 Å². The van der Waals surface area contributed by atoms with Gasteiger partial charge in [0.05, 0.1) is 18.9 Å². The van der Waals surface area contributed by atoms with Crippen molar-refractivity contribution >= 4 is 22.3 Å². The number of allylic oxidation sites excluding steroid dienone is 1. The Morgan fingerprint density at radius 2 is 2.07 bits per heavy atom. The van der Waals surface area contributed by atoms with Crippen molar-refractivity contribution in [1.82, 2.24) is 4.57 Å². The fraction of sp³-hybridized carbons (Fsp3) is 0.458. The average molecular weight is 377 g/mol. The van der Waals surface area contributed by atoms with Gasteiger partial charge in [0.2, 0.25) is 0 Å². The SMILES string of the molecule is CCCCC1/C=C(/OC)C2=C(c3c(n(C)c4ccccc34)C1=O)C1CCOC21. The molecule has 3 aliphatic rings. The topological polar surface area (TPSA) is 40.5 Å². The summed E-state index contributed by atoms with van der Waals surface area (Å²) >= 11 is 0. The van der Waals surface area contributed by atoms with Gasteiger partial charge in [0.25, 0.3) is 0 Å². The highest BCUT2D eigenvalue weighted by molar-refractivity contribution is 6.12. The van der Waals surface area contributed by atoms with E-state index in [1.54, 1.807) is 7.11 Å². The highest BCUT2D eigenvalue weighted by atomic mass is 16.5. The third-order valence-electron chi connectivity index (χ3n) is 6.69. The standard InChI is InChI=1S/C24H27NO3/c1-4-5-8-14-13-18(27-3)21-19(16-11-12-28-24(16)21)20-15-9-6-7-10-17(15)25(2)22(20)23(14)26/h6-7,9-10,13-14,16,24H,4-5,8,11-12H2,1-3H3/b18-13+. The van der Waals surface area contributed by atoms with Gasteiger partial charge < -0.3 is 14.0 Å². The minimum atomic E-state index is -0.161. The number of Topliss-reactive ketones (excluding diaryl/α,β-unsaturated/α-hetero) is 1. The zero-order valence-electron chi connectivity index (χ0n) is 16.8. The molecule has 1 saturated heterocycles. The largest absolute Gasteiger partial charge is 0.497 e. The predicted octanol–water partition coefficient (Wildman–Crippen LogP) is 4.88. The number of hydrogen-bond donors (Lipinski definition) is 0. The van der Waals surface area contributed by atoms with Crippen LogP contribution < -0.4 is 0 Å². The third kappa shape index (κ3) is 2.30. The van der Waals surface area contributed by atoms with Crippen LogP contribution in [0.5, 0.6) is 0 Å². The number of aromatic nitrogens is 1. The Morgan fingerprint density at radius 1 is 1.25 bits per heavy atom. The molecule has 0 saturated carbocycles. The fourth-order valence-electron chi connectivity index (χ4n) is 5.31. The Morgan fingerprint density at radius 3 is 2.86 bits per heavy atom. The van der Waals surface area contributed by atoms with Gasteiger partial charge in [-0.2, -0.15) is 0 Å². The molecule has 28 heavy (non-hydrogen) atoms. The van der Waals surface area contributed by atoms with Gasteiger partial charge in [0.15, 0.2) is 5.78 Å². The van der Waals surface area contributed by atoms with E-state index in [1.807, 2.05) is 13.1 Å². The van der Waals surface area contributed by atoms with Gasteiger partial charge in [0, 0.05) is 47.5 Å². The second-order valence-corrected chi connectivity index (χ2v) is 8.16. The molecule has 2 aromatic rings. The van der Waals surface area contributed by atoms with Crippen molar-refractivity contribution in [2.45, 2.75) is 38.7 Å². The molecule has 146 valence electrons. The molecule has 2 aliphatic carbocycles. The minimum Gasteiger partial charge on any atom is -0.497 e. The number of methoxy groups -OCH3 is 1. The van der Waals surface area contributed by atoms with E-state index in [0.717, 1.165) is 65.8 Å². The summed E-state index contributed by atoms with van der Waals surface area (Å²) in [6.07, 6.45) is 6.12. The molecule has 1 aromatic heterocycles. The van der Waals surface area contributed by atoms with Crippen molar-refractivity contribution in [2.24, 2.45) is 18.9 Å². The van der Waals surface area contributed by atoms with Crippen LogP contribution in [0, 0.1) is 11.8 Å². The number of ketones is 1. The lowest BCUT2D eigenvalue weighted by Gasteiger charge is -2.39. The van der Waals surface area contributed by atoms with Crippen molar-refractivity contribution in [3.63, 3.8) is 0 Å². The van der Waals surface area contributed by atoms with Gasteiger partial charge in [-0.05, 0) is 30.6 Å². The first-order valence-electron chi connectivity index (χ1n) is 10.4. The second kappa shape index (κ2) is 6.63. The first-order chi connectivity index (χ1) is 13.7. The molecule has 2 heterocycles. The maximum atomic E-state index is 13.7. The van der Waals surface area contributed by atoms with E-state index in [9.17, 15) is 4.79 Å². The Balaban J connectivity index is 1.82. The Bertz CT molecular complexity index is 1030. The van der Waals surface area contributed by atoms with Crippen molar-refractivity contribution in [2.75, 3.05) is 13.7 Å². The van der Waals surface area contributed by atoms with Crippen LogP contribution in [-0.2, 0) is 16.5 Å². The lowest BCUT2D eigenvalue weighted by atomic mass is 9.68. The van der Waals surface area contributed by atoms with E-state index in [2.05, 4.69) is 35.8 Å². The highest BCUT2D eigenvalue weighted by Crippen LogP contribution is 2.55. The number of rotatable bonds is 4. The van der Waals surface area contributed by atoms with Gasteiger partial charge in [-0.1, -0.05) is 38.0 Å². The van der Waals surface area contributed by atoms with Crippen LogP contribution in [0.2, 0.25) is 0 Å². The smallest absolute Gasteiger partial charge is 0.186 e. The second-order valence-electron chi connectivity index (χ2n) is 8.16. The normalized spacial score (nSPS) is 28.0. The number of fused-ring (bicyclic) bond motifs is 7. The molecule has 5 rings (SSSR count). The summed E-state index contributed by atoms with van der Waals surface area (Å²) < 4.78 is 14.0. The van der Waals surface area contributed by atoms with Crippen LogP contribution in [0.25, 0.3) is 16.5 Å². The molecular weight excluding hydrogens is 350 g/mol. The number of ether oxygens (including phenoxy) is 2. The van der Waals surface area contributed by atoms with Crippen molar-refractivity contribution < 1.29 is 14.3 Å². The van der Waals surface area contributed by atoms with Crippen LogP contribution in [0.15, 0.2) is 41.7 Å². The number of aryl methyl sites for hydroxylation is 1. The van der Waals surface area contributed by atoms with E-state index in [-0.39, 0.29) is 17.8 Å². The molecule has 3 atom stereocenters. The number of nitrogens with zero attached hydrogens (tertiary/aromatic N) is 1. The Kier molecular flexibility index (Phi) is 4.20. The van der Waals surface area contributed by atoms with Crippen LogP contribution in [0.3, 0.4) is 0 Å². The van der Waals surface area contributed by atoms with Gasteiger partial charge in [-0.3, -0.25) is 4.79 Å². The van der Waals surface area contributed by atoms with E-state index >= 15 is 0 Å². The summed E-state index contributed by atoms with van der Waals surface area (Å²) in [6.45, 7) is 2.94. The zero-order chi connectivity index (χ0) is 19.4. The molecule has 1 aliphatic heterocycles. The first kappa shape index (κ1) is 17.7. The summed E-state index contributed by atoms with van der Waals surface area (Å²) in [5.41, 5.74) is 5.52. The van der Waals surface area contributed by atoms with Gasteiger partial charge >= 0.3 is 0 Å². The fourth-order valence-corrected chi connectivity index (χ4v) is 5.31. The number of carbonyl (C=O) groups is 1. The van der Waals surface area contributed by atoms with E-state index in [4.69, 9.17) is 9.47 Å². The quantitative estimate of drug-likeness (QED) is 0.762. The monoisotopic (exact) mass is 377 g/mol. The maximum Gasteiger partial charge on any atom is 0.186 e. The molecule has 4 nitrogen and oxygen atoms in total. The molecule has 1 fully saturated rings. The Labute approximate surface area is 165 Å². The minimum absolute atomic E-state index is 0.105. The summed E-state index contributed by atoms with van der Waals surface area (Å²) in [7, 11) is 3.74. The average Bonchev–Trinajstić information content (AvgIpc) is 3.23. The summed E-state index contributed by atoms with van der Waals surface area (Å²) in [4.78, 5) is 13.7. The lowest BCUT2D eigenvalue weighted by molar-refractivity contribution is 0.0917. The highest BCUT2D eigenvalue weighted by Gasteiger charge is 2.50. The molecular formula is C24H27NO3. The van der Waals surface area contributed by atoms with Crippen molar-refractivity contribution in [3.05, 3.63) is 52.9 Å². The summed E-state index contributed by atoms with van der Waals surface area (Å²) in [5, 5.41) is 1.16. The molecule has 3 unspecified atom stereocenters. The third-order valence-corrected chi connectivity index (χ3v) is 6.69. The van der Waals surface area contributed by atoms with Gasteiger partial charge in [-0.25, -0.2) is 0 Å². The van der Waals surface area contributed by atoms with Crippen LogP contribution in [0.4, 0.5) is 0 Å². The summed E-state index contributed by atoms with van der Waals surface area (Å²) in [5.74, 6) is 1.25. The lowest BCUT2D eigenvalue weighted by Crippen LogP contribution is -2.35. The Hall–Kier alpha value is -2.33. The van der Waals surface area contributed by atoms with Crippen molar-refractivity contribution in [1.29, 1.82) is 0 Å². The molecule has 0 spiro atoms. The molecule has 1 aromatic carbocycles. The number of hydrogen-bond acceptors (Lipinski definition) is 3. The molecule has 4 heteroatoms. The van der Waals surface area contributed by atoms with Crippen LogP contribution >= 0.6 is 0 Å². The number of unbranched alkanes of at least 4 members (excludes halogenated alkanes) is 1. The van der Waals surface area contributed by atoms with E-state index in [0.29, 0.717) is 5.92 Å². The number of carbonyl (C=O) groups excluding carboxylic acids is 1. The predicted molar refractivity (Wildman–Crippen MR) is 110 cm³/mol. The van der Waals surface area contributed by atoms with E-state index in [1.165, 1.54) is 5.57 Å². The molecule has 0 amide bonds. The molecule has 0 bridgehead atoms. The van der Waals surface area contributed by atoms with E-state index < -0.39 is 0 Å². The van der Waals surface area contributed by atoms with Gasteiger partial charge in [-0.15, -0.1) is 0 Å². The number of benzene rings is 1. The van der Waals surface area contributed by atoms with Crippen LogP contribution in [-0.4, -0.2) is 30.2 Å². The van der Waals surface area contributed by atoms with Crippen molar-refractivity contribution in [3.8, 4) is 0 Å².